The van der Waals surface area contributed by atoms with E-state index in [0.29, 0.717) is 12.0 Å². The van der Waals surface area contributed by atoms with E-state index in [0.717, 1.165) is 11.3 Å². The van der Waals surface area contributed by atoms with E-state index in [9.17, 15) is 4.79 Å². The van der Waals surface area contributed by atoms with Crippen LogP contribution in [0.4, 0.5) is 0 Å². The Bertz CT molecular complexity index is 517. The lowest BCUT2D eigenvalue weighted by atomic mass is 10.1. The predicted molar refractivity (Wildman–Crippen MR) is 59.4 cm³/mol. The van der Waals surface area contributed by atoms with Crippen molar-refractivity contribution in [2.24, 2.45) is 7.05 Å². The van der Waals surface area contributed by atoms with Crippen molar-refractivity contribution in [3.63, 3.8) is 0 Å². The molecule has 0 atom stereocenters. The third-order valence-electron chi connectivity index (χ3n) is 2.48. The number of carbonyl (C=O) groups is 1. The Labute approximate surface area is 93.1 Å². The van der Waals surface area contributed by atoms with Crippen molar-refractivity contribution in [2.45, 2.75) is 6.42 Å². The normalized spacial score (nSPS) is 10.3. The molecule has 82 valence electrons. The zero-order valence-electron chi connectivity index (χ0n) is 8.92. The SMILES string of the molecule is Cn1nccc1Cc1cccc(C(=O)O)c1. The van der Waals surface area contributed by atoms with Crippen LogP contribution in [-0.2, 0) is 13.5 Å². The molecule has 1 aromatic heterocycles. The lowest BCUT2D eigenvalue weighted by Crippen LogP contribution is -2.01. The molecule has 0 aliphatic carbocycles. The van der Waals surface area contributed by atoms with Gasteiger partial charge in [-0.2, -0.15) is 5.10 Å². The van der Waals surface area contributed by atoms with Gasteiger partial charge in [-0.15, -0.1) is 0 Å². The molecule has 1 heterocycles. The lowest BCUT2D eigenvalue weighted by molar-refractivity contribution is 0.0697. The van der Waals surface area contributed by atoms with Gasteiger partial charge in [-0.25, -0.2) is 4.79 Å². The average Bonchev–Trinajstić information content (AvgIpc) is 2.65. The van der Waals surface area contributed by atoms with Crippen LogP contribution in [-0.4, -0.2) is 20.9 Å². The van der Waals surface area contributed by atoms with E-state index in [1.807, 2.05) is 19.2 Å². The van der Waals surface area contributed by atoms with Crippen molar-refractivity contribution < 1.29 is 9.90 Å². The number of carboxylic acid groups (broad SMARTS) is 1. The smallest absolute Gasteiger partial charge is 0.335 e. The maximum absolute atomic E-state index is 10.8. The third kappa shape index (κ3) is 2.11. The standard InChI is InChI=1S/C12H12N2O2/c1-14-11(5-6-13-14)8-9-3-2-4-10(7-9)12(15)16/h2-7H,8H2,1H3,(H,15,16). The molecule has 0 amide bonds. The summed E-state index contributed by atoms with van der Waals surface area (Å²) in [6.07, 6.45) is 2.42. The van der Waals surface area contributed by atoms with Crippen LogP contribution >= 0.6 is 0 Å². The van der Waals surface area contributed by atoms with Gasteiger partial charge in [0.05, 0.1) is 5.56 Å². The minimum atomic E-state index is -0.896. The number of benzene rings is 1. The average molecular weight is 216 g/mol. The number of aromatic carboxylic acids is 1. The number of rotatable bonds is 3. The second kappa shape index (κ2) is 4.18. The van der Waals surface area contributed by atoms with Gasteiger partial charge < -0.3 is 5.11 Å². The first kappa shape index (κ1) is 10.4. The summed E-state index contributed by atoms with van der Waals surface area (Å²) in [7, 11) is 1.87. The lowest BCUT2D eigenvalue weighted by Gasteiger charge is -2.03. The Morgan fingerprint density at radius 1 is 1.44 bits per heavy atom. The molecule has 16 heavy (non-hydrogen) atoms. The van der Waals surface area contributed by atoms with Gasteiger partial charge in [-0.3, -0.25) is 4.68 Å². The summed E-state index contributed by atoms with van der Waals surface area (Å²) in [5.41, 5.74) is 2.35. The summed E-state index contributed by atoms with van der Waals surface area (Å²) in [6.45, 7) is 0. The summed E-state index contributed by atoms with van der Waals surface area (Å²) in [5.74, 6) is -0.896. The van der Waals surface area contributed by atoms with Gasteiger partial charge in [0.2, 0.25) is 0 Å². The first-order valence-corrected chi connectivity index (χ1v) is 4.96. The van der Waals surface area contributed by atoms with Crippen molar-refractivity contribution in [1.82, 2.24) is 9.78 Å². The fraction of sp³-hybridized carbons (Fsp3) is 0.167. The molecular weight excluding hydrogens is 204 g/mol. The Hall–Kier alpha value is -2.10. The highest BCUT2D eigenvalue weighted by Crippen LogP contribution is 2.10. The van der Waals surface area contributed by atoms with Gasteiger partial charge in [-0.05, 0) is 23.8 Å². The second-order valence-electron chi connectivity index (χ2n) is 3.63. The minimum absolute atomic E-state index is 0.319. The van der Waals surface area contributed by atoms with Crippen molar-refractivity contribution in [1.29, 1.82) is 0 Å². The molecule has 2 rings (SSSR count). The summed E-state index contributed by atoms with van der Waals surface area (Å²) >= 11 is 0. The molecule has 2 aromatic rings. The summed E-state index contributed by atoms with van der Waals surface area (Å²) < 4.78 is 1.79. The highest BCUT2D eigenvalue weighted by Gasteiger charge is 2.05. The Morgan fingerprint density at radius 2 is 2.25 bits per heavy atom. The minimum Gasteiger partial charge on any atom is -0.478 e. The van der Waals surface area contributed by atoms with E-state index in [1.54, 1.807) is 29.1 Å². The molecule has 0 saturated carbocycles. The molecule has 4 nitrogen and oxygen atoms in total. The Balaban J connectivity index is 2.25. The number of hydrogen-bond donors (Lipinski definition) is 1. The second-order valence-corrected chi connectivity index (χ2v) is 3.63. The Kier molecular flexibility index (Phi) is 2.72. The number of hydrogen-bond acceptors (Lipinski definition) is 2. The van der Waals surface area contributed by atoms with Crippen LogP contribution in [0.1, 0.15) is 21.6 Å². The summed E-state index contributed by atoms with van der Waals surface area (Å²) in [6, 6.07) is 8.88. The molecular formula is C12H12N2O2. The summed E-state index contributed by atoms with van der Waals surface area (Å²) in [4.78, 5) is 10.8. The predicted octanol–water partition coefficient (Wildman–Crippen LogP) is 1.71. The molecule has 1 aromatic carbocycles. The molecule has 0 spiro atoms. The van der Waals surface area contributed by atoms with E-state index >= 15 is 0 Å². The van der Waals surface area contributed by atoms with Crippen LogP contribution in [0.2, 0.25) is 0 Å². The fourth-order valence-corrected chi connectivity index (χ4v) is 1.60. The highest BCUT2D eigenvalue weighted by molar-refractivity contribution is 5.87. The summed E-state index contributed by atoms with van der Waals surface area (Å²) in [5, 5.41) is 12.9. The number of aryl methyl sites for hydroxylation is 1. The molecule has 0 saturated heterocycles. The number of aromatic nitrogens is 2. The fourth-order valence-electron chi connectivity index (χ4n) is 1.60. The number of carboxylic acids is 1. The van der Waals surface area contributed by atoms with E-state index in [1.165, 1.54) is 0 Å². The van der Waals surface area contributed by atoms with Crippen LogP contribution in [0.15, 0.2) is 36.5 Å². The van der Waals surface area contributed by atoms with Crippen molar-refractivity contribution >= 4 is 5.97 Å². The molecule has 0 bridgehead atoms. The molecule has 0 radical (unpaired) electrons. The van der Waals surface area contributed by atoms with E-state index in [-0.39, 0.29) is 0 Å². The maximum Gasteiger partial charge on any atom is 0.335 e. The maximum atomic E-state index is 10.8. The van der Waals surface area contributed by atoms with Crippen LogP contribution in [0.25, 0.3) is 0 Å². The first-order valence-electron chi connectivity index (χ1n) is 4.96. The molecule has 0 aliphatic heterocycles. The molecule has 0 fully saturated rings. The topological polar surface area (TPSA) is 55.1 Å². The van der Waals surface area contributed by atoms with E-state index < -0.39 is 5.97 Å². The van der Waals surface area contributed by atoms with Gasteiger partial charge in [0.1, 0.15) is 0 Å². The largest absolute Gasteiger partial charge is 0.478 e. The highest BCUT2D eigenvalue weighted by atomic mass is 16.4. The quantitative estimate of drug-likeness (QED) is 0.849. The van der Waals surface area contributed by atoms with Gasteiger partial charge in [0.25, 0.3) is 0 Å². The van der Waals surface area contributed by atoms with Gasteiger partial charge in [-0.1, -0.05) is 12.1 Å². The zero-order valence-corrected chi connectivity index (χ0v) is 8.92. The number of nitrogens with zero attached hydrogens (tertiary/aromatic N) is 2. The molecule has 1 N–H and O–H groups in total. The zero-order chi connectivity index (χ0) is 11.5. The van der Waals surface area contributed by atoms with Crippen molar-refractivity contribution in [3.05, 3.63) is 53.3 Å². The van der Waals surface area contributed by atoms with Crippen LogP contribution in [0.3, 0.4) is 0 Å². The van der Waals surface area contributed by atoms with E-state index in [2.05, 4.69) is 5.10 Å². The third-order valence-corrected chi connectivity index (χ3v) is 2.48. The van der Waals surface area contributed by atoms with Crippen LogP contribution in [0, 0.1) is 0 Å². The van der Waals surface area contributed by atoms with Gasteiger partial charge in [0.15, 0.2) is 0 Å². The van der Waals surface area contributed by atoms with Gasteiger partial charge >= 0.3 is 5.97 Å². The molecule has 4 heteroatoms. The Morgan fingerprint density at radius 3 is 2.88 bits per heavy atom. The van der Waals surface area contributed by atoms with Crippen LogP contribution < -0.4 is 0 Å². The van der Waals surface area contributed by atoms with Gasteiger partial charge in [0, 0.05) is 25.4 Å². The van der Waals surface area contributed by atoms with E-state index in [4.69, 9.17) is 5.11 Å². The molecule has 0 aliphatic rings. The first-order chi connectivity index (χ1) is 7.66. The monoisotopic (exact) mass is 216 g/mol. The molecule has 0 unspecified atom stereocenters. The van der Waals surface area contributed by atoms with Crippen molar-refractivity contribution in [3.8, 4) is 0 Å². The van der Waals surface area contributed by atoms with Crippen LogP contribution in [0.5, 0.6) is 0 Å². The van der Waals surface area contributed by atoms with Crippen molar-refractivity contribution in [2.75, 3.05) is 0 Å².